The van der Waals surface area contributed by atoms with Crippen molar-refractivity contribution in [2.24, 2.45) is 5.92 Å². The smallest absolute Gasteiger partial charge is 0.410 e. The Kier molecular flexibility index (Phi) is 5.74. The van der Waals surface area contributed by atoms with E-state index in [9.17, 15) is 9.18 Å². The van der Waals surface area contributed by atoms with Crippen molar-refractivity contribution < 1.29 is 13.9 Å². The zero-order valence-electron chi connectivity index (χ0n) is 13.9. The highest BCUT2D eigenvalue weighted by molar-refractivity contribution is 6.31. The Morgan fingerprint density at radius 3 is 2.65 bits per heavy atom. The number of benzene rings is 1. The summed E-state index contributed by atoms with van der Waals surface area (Å²) < 4.78 is 19.2. The molecule has 1 fully saturated rings. The average Bonchev–Trinajstić information content (AvgIpc) is 2.47. The van der Waals surface area contributed by atoms with E-state index in [2.05, 4.69) is 5.32 Å². The van der Waals surface area contributed by atoms with Crippen molar-refractivity contribution in [3.8, 4) is 0 Å². The minimum absolute atomic E-state index is 0.120. The van der Waals surface area contributed by atoms with Crippen molar-refractivity contribution in [1.82, 2.24) is 4.90 Å². The fourth-order valence-corrected chi connectivity index (χ4v) is 2.72. The number of likely N-dealkylation sites (tertiary alicyclic amines) is 1. The monoisotopic (exact) mass is 342 g/mol. The second-order valence-corrected chi connectivity index (χ2v) is 7.30. The van der Waals surface area contributed by atoms with Gasteiger partial charge in [-0.15, -0.1) is 0 Å². The van der Waals surface area contributed by atoms with Gasteiger partial charge in [-0.1, -0.05) is 17.7 Å². The Labute approximate surface area is 141 Å². The predicted octanol–water partition coefficient (Wildman–Crippen LogP) is 4.54. The van der Waals surface area contributed by atoms with Crippen LogP contribution in [0.1, 0.15) is 33.6 Å². The number of rotatable bonds is 3. The number of amides is 1. The summed E-state index contributed by atoms with van der Waals surface area (Å²) in [4.78, 5) is 13.7. The Morgan fingerprint density at radius 1 is 1.39 bits per heavy atom. The lowest BCUT2D eigenvalue weighted by Gasteiger charge is -2.33. The Balaban J connectivity index is 1.79. The predicted molar refractivity (Wildman–Crippen MR) is 90.4 cm³/mol. The average molecular weight is 343 g/mol. The van der Waals surface area contributed by atoms with Gasteiger partial charge < -0.3 is 15.0 Å². The van der Waals surface area contributed by atoms with Crippen LogP contribution in [0.25, 0.3) is 0 Å². The number of ether oxygens (including phenoxy) is 1. The molecule has 6 heteroatoms. The fraction of sp³-hybridized carbons (Fsp3) is 0.588. The largest absolute Gasteiger partial charge is 0.444 e. The normalized spacial score (nSPS) is 16.3. The summed E-state index contributed by atoms with van der Waals surface area (Å²) >= 11 is 5.77. The number of halogens is 2. The molecule has 1 aliphatic rings. The molecule has 1 aromatic rings. The lowest BCUT2D eigenvalue weighted by atomic mass is 9.97. The summed E-state index contributed by atoms with van der Waals surface area (Å²) in [7, 11) is 0. The van der Waals surface area contributed by atoms with E-state index in [1.54, 1.807) is 17.0 Å². The molecule has 23 heavy (non-hydrogen) atoms. The number of carbonyl (C=O) groups excluding carboxylic acids is 1. The zero-order chi connectivity index (χ0) is 17.0. The maximum atomic E-state index is 13.8. The molecule has 0 unspecified atom stereocenters. The minimum Gasteiger partial charge on any atom is -0.444 e. The second-order valence-electron chi connectivity index (χ2n) is 6.89. The van der Waals surface area contributed by atoms with Gasteiger partial charge in [0.1, 0.15) is 5.60 Å². The summed E-state index contributed by atoms with van der Waals surface area (Å²) in [6.07, 6.45) is 1.48. The molecule has 0 bridgehead atoms. The van der Waals surface area contributed by atoms with Crippen molar-refractivity contribution in [3.05, 3.63) is 29.0 Å². The molecule has 0 atom stereocenters. The molecule has 128 valence electrons. The van der Waals surface area contributed by atoms with Crippen LogP contribution < -0.4 is 5.32 Å². The van der Waals surface area contributed by atoms with Gasteiger partial charge in [-0.25, -0.2) is 9.18 Å². The highest BCUT2D eigenvalue weighted by atomic mass is 35.5. The van der Waals surface area contributed by atoms with E-state index in [4.69, 9.17) is 16.3 Å². The van der Waals surface area contributed by atoms with E-state index in [1.807, 2.05) is 20.8 Å². The maximum absolute atomic E-state index is 13.8. The third-order valence-electron chi connectivity index (χ3n) is 3.80. The lowest BCUT2D eigenvalue weighted by Crippen LogP contribution is -2.42. The summed E-state index contributed by atoms with van der Waals surface area (Å²) in [6, 6.07) is 4.93. The van der Waals surface area contributed by atoms with Gasteiger partial charge in [-0.3, -0.25) is 0 Å². The lowest BCUT2D eigenvalue weighted by molar-refractivity contribution is 0.0188. The van der Waals surface area contributed by atoms with Crippen molar-refractivity contribution in [2.45, 2.75) is 39.2 Å². The summed E-state index contributed by atoms with van der Waals surface area (Å²) in [6.45, 7) is 7.58. The van der Waals surface area contributed by atoms with Crippen LogP contribution in [0, 0.1) is 11.7 Å². The van der Waals surface area contributed by atoms with Crippen LogP contribution in [0.2, 0.25) is 5.02 Å². The topological polar surface area (TPSA) is 41.6 Å². The molecule has 0 saturated carbocycles. The SMILES string of the molecule is CC(C)(C)OC(=O)N1CCC(CNc2cccc(Cl)c2F)CC1. The number of carbonyl (C=O) groups is 1. The molecule has 1 N–H and O–H groups in total. The van der Waals surface area contributed by atoms with Gasteiger partial charge >= 0.3 is 6.09 Å². The van der Waals surface area contributed by atoms with Crippen LogP contribution in [0.4, 0.5) is 14.9 Å². The number of hydrogen-bond acceptors (Lipinski definition) is 3. The van der Waals surface area contributed by atoms with E-state index in [-0.39, 0.29) is 11.1 Å². The van der Waals surface area contributed by atoms with Crippen molar-refractivity contribution in [3.63, 3.8) is 0 Å². The molecule has 0 radical (unpaired) electrons. The molecule has 1 aromatic carbocycles. The molecule has 1 amide bonds. The van der Waals surface area contributed by atoms with E-state index in [0.717, 1.165) is 12.8 Å². The Hall–Kier alpha value is -1.49. The third kappa shape index (κ3) is 5.27. The van der Waals surface area contributed by atoms with Crippen LogP contribution in [0.3, 0.4) is 0 Å². The molecule has 2 rings (SSSR count). The summed E-state index contributed by atoms with van der Waals surface area (Å²) in [5, 5.41) is 3.23. The maximum Gasteiger partial charge on any atom is 0.410 e. The van der Waals surface area contributed by atoms with Crippen LogP contribution in [0.5, 0.6) is 0 Å². The van der Waals surface area contributed by atoms with E-state index < -0.39 is 11.4 Å². The first-order valence-electron chi connectivity index (χ1n) is 7.92. The van der Waals surface area contributed by atoms with Crippen molar-refractivity contribution in [2.75, 3.05) is 25.0 Å². The van der Waals surface area contributed by atoms with Crippen LogP contribution in [0.15, 0.2) is 18.2 Å². The molecule has 0 aromatic heterocycles. The van der Waals surface area contributed by atoms with Gasteiger partial charge in [0.05, 0.1) is 10.7 Å². The highest BCUT2D eigenvalue weighted by Crippen LogP contribution is 2.24. The molecule has 4 nitrogen and oxygen atoms in total. The second kappa shape index (κ2) is 7.39. The number of hydrogen-bond donors (Lipinski definition) is 1. The molecule has 0 aliphatic carbocycles. The number of piperidine rings is 1. The number of nitrogens with one attached hydrogen (secondary N) is 1. The van der Waals surface area contributed by atoms with Crippen molar-refractivity contribution in [1.29, 1.82) is 0 Å². The fourth-order valence-electron chi connectivity index (χ4n) is 2.54. The first kappa shape index (κ1) is 17.9. The zero-order valence-corrected chi connectivity index (χ0v) is 14.6. The Morgan fingerprint density at radius 2 is 2.04 bits per heavy atom. The highest BCUT2D eigenvalue weighted by Gasteiger charge is 2.26. The van der Waals surface area contributed by atoms with Gasteiger partial charge in [0.15, 0.2) is 5.82 Å². The molecular weight excluding hydrogens is 319 g/mol. The van der Waals surface area contributed by atoms with Gasteiger partial charge in [0, 0.05) is 19.6 Å². The quantitative estimate of drug-likeness (QED) is 0.876. The molecular formula is C17H24ClFN2O2. The Bertz CT molecular complexity index is 552. The first-order valence-corrected chi connectivity index (χ1v) is 8.30. The van der Waals surface area contributed by atoms with E-state index in [1.165, 1.54) is 6.07 Å². The minimum atomic E-state index is -0.473. The van der Waals surface area contributed by atoms with Crippen LogP contribution in [-0.2, 0) is 4.74 Å². The molecule has 1 aliphatic heterocycles. The van der Waals surface area contributed by atoms with E-state index in [0.29, 0.717) is 31.2 Å². The van der Waals surface area contributed by atoms with Crippen LogP contribution in [-0.4, -0.2) is 36.2 Å². The van der Waals surface area contributed by atoms with Gasteiger partial charge in [0.25, 0.3) is 0 Å². The molecule has 1 saturated heterocycles. The third-order valence-corrected chi connectivity index (χ3v) is 4.09. The van der Waals surface area contributed by atoms with E-state index >= 15 is 0 Å². The summed E-state index contributed by atoms with van der Waals surface area (Å²) in [5.74, 6) is -0.0209. The summed E-state index contributed by atoms with van der Waals surface area (Å²) in [5.41, 5.74) is -0.0494. The number of nitrogens with zero attached hydrogens (tertiary/aromatic N) is 1. The van der Waals surface area contributed by atoms with Crippen LogP contribution >= 0.6 is 11.6 Å². The van der Waals surface area contributed by atoms with Gasteiger partial charge in [-0.2, -0.15) is 0 Å². The van der Waals surface area contributed by atoms with Crippen molar-refractivity contribution >= 4 is 23.4 Å². The standard InChI is InChI=1S/C17H24ClFN2O2/c1-17(2,3)23-16(22)21-9-7-12(8-10-21)11-20-14-6-4-5-13(18)15(14)19/h4-6,12,20H,7-11H2,1-3H3. The first-order chi connectivity index (χ1) is 10.8. The van der Waals surface area contributed by atoms with Gasteiger partial charge in [0.2, 0.25) is 0 Å². The number of anilines is 1. The molecule has 1 heterocycles. The van der Waals surface area contributed by atoms with Gasteiger partial charge in [-0.05, 0) is 51.7 Å². The molecule has 0 spiro atoms.